The summed E-state index contributed by atoms with van der Waals surface area (Å²) < 4.78 is 0. The number of H-pyrrole nitrogens is 1. The normalized spacial score (nSPS) is 12.1. The predicted molar refractivity (Wildman–Crippen MR) is 54.7 cm³/mol. The SMILES string of the molecule is CC(CCl)NC(=O)c1c[nH]ccc1=O. The van der Waals surface area contributed by atoms with Gasteiger partial charge in [-0.3, -0.25) is 9.59 Å². The van der Waals surface area contributed by atoms with E-state index in [-0.39, 0.29) is 17.0 Å². The molecular weight excluding hydrogens is 204 g/mol. The van der Waals surface area contributed by atoms with Crippen molar-refractivity contribution in [3.8, 4) is 0 Å². The summed E-state index contributed by atoms with van der Waals surface area (Å²) in [6.07, 6.45) is 2.85. The molecule has 0 bridgehead atoms. The number of halogens is 1. The van der Waals surface area contributed by atoms with Crippen molar-refractivity contribution in [2.75, 3.05) is 5.88 Å². The zero-order valence-corrected chi connectivity index (χ0v) is 8.47. The van der Waals surface area contributed by atoms with E-state index in [0.29, 0.717) is 5.88 Å². The lowest BCUT2D eigenvalue weighted by Crippen LogP contribution is -2.36. The molecule has 0 radical (unpaired) electrons. The summed E-state index contributed by atoms with van der Waals surface area (Å²) in [5.41, 5.74) is -0.201. The Balaban J connectivity index is 2.80. The number of nitrogens with one attached hydrogen (secondary N) is 2. The largest absolute Gasteiger partial charge is 0.367 e. The molecule has 1 atom stereocenters. The standard InChI is InChI=1S/C9H11ClN2O2/c1-6(4-10)12-9(14)7-5-11-3-2-8(7)13/h2-3,5-6H,4H2,1H3,(H,11,13)(H,12,14). The minimum atomic E-state index is -0.403. The van der Waals surface area contributed by atoms with E-state index in [0.717, 1.165) is 0 Å². The van der Waals surface area contributed by atoms with E-state index in [1.54, 1.807) is 6.92 Å². The second-order valence-electron chi connectivity index (χ2n) is 2.95. The van der Waals surface area contributed by atoms with Crippen LogP contribution in [0, 0.1) is 0 Å². The molecule has 2 N–H and O–H groups in total. The third-order valence-electron chi connectivity index (χ3n) is 1.68. The maximum absolute atomic E-state index is 11.4. The van der Waals surface area contributed by atoms with E-state index in [1.165, 1.54) is 18.5 Å². The Morgan fingerprint density at radius 2 is 2.43 bits per heavy atom. The van der Waals surface area contributed by atoms with E-state index in [1.807, 2.05) is 0 Å². The number of pyridine rings is 1. The van der Waals surface area contributed by atoms with Crippen LogP contribution in [-0.2, 0) is 0 Å². The first kappa shape index (κ1) is 10.8. The van der Waals surface area contributed by atoms with Crippen LogP contribution >= 0.6 is 11.6 Å². The number of carbonyl (C=O) groups excluding carboxylic acids is 1. The Morgan fingerprint density at radius 1 is 1.71 bits per heavy atom. The number of alkyl halides is 1. The molecule has 1 unspecified atom stereocenters. The number of aromatic nitrogens is 1. The zero-order chi connectivity index (χ0) is 10.6. The fourth-order valence-corrected chi connectivity index (χ4v) is 1.01. The molecule has 1 aromatic heterocycles. The Labute approximate surface area is 86.3 Å². The van der Waals surface area contributed by atoms with Gasteiger partial charge < -0.3 is 10.3 Å². The van der Waals surface area contributed by atoms with Gasteiger partial charge in [-0.1, -0.05) is 0 Å². The lowest BCUT2D eigenvalue weighted by molar-refractivity contribution is 0.0942. The van der Waals surface area contributed by atoms with Gasteiger partial charge in [0.05, 0.1) is 0 Å². The Bertz CT molecular complexity index is 375. The van der Waals surface area contributed by atoms with Crippen LogP contribution in [0.15, 0.2) is 23.3 Å². The summed E-state index contributed by atoms with van der Waals surface area (Å²) in [7, 11) is 0. The van der Waals surface area contributed by atoms with Crippen LogP contribution in [0.25, 0.3) is 0 Å². The van der Waals surface area contributed by atoms with E-state index < -0.39 is 5.91 Å². The molecule has 1 amide bonds. The summed E-state index contributed by atoms with van der Waals surface area (Å²) in [5, 5.41) is 2.60. The molecule has 0 aliphatic heterocycles. The first-order valence-corrected chi connectivity index (χ1v) is 4.72. The molecule has 1 heterocycles. The number of carbonyl (C=O) groups is 1. The quantitative estimate of drug-likeness (QED) is 0.729. The smallest absolute Gasteiger partial charge is 0.256 e. The Morgan fingerprint density at radius 3 is 3.00 bits per heavy atom. The van der Waals surface area contributed by atoms with Gasteiger partial charge in [0.2, 0.25) is 0 Å². The van der Waals surface area contributed by atoms with Crippen LogP contribution in [0.4, 0.5) is 0 Å². The molecule has 0 aliphatic carbocycles. The van der Waals surface area contributed by atoms with Gasteiger partial charge in [-0.15, -0.1) is 11.6 Å². The lowest BCUT2D eigenvalue weighted by Gasteiger charge is -2.09. The van der Waals surface area contributed by atoms with Crippen molar-refractivity contribution in [3.05, 3.63) is 34.2 Å². The van der Waals surface area contributed by atoms with Crippen molar-refractivity contribution in [1.82, 2.24) is 10.3 Å². The third-order valence-corrected chi connectivity index (χ3v) is 2.14. The summed E-state index contributed by atoms with van der Waals surface area (Å²) in [6.45, 7) is 1.77. The highest BCUT2D eigenvalue weighted by atomic mass is 35.5. The average Bonchev–Trinajstić information content (AvgIpc) is 2.18. The van der Waals surface area contributed by atoms with Crippen molar-refractivity contribution in [3.63, 3.8) is 0 Å². The monoisotopic (exact) mass is 214 g/mol. The van der Waals surface area contributed by atoms with Gasteiger partial charge in [0, 0.05) is 30.4 Å². The topological polar surface area (TPSA) is 62.0 Å². The zero-order valence-electron chi connectivity index (χ0n) is 7.71. The van der Waals surface area contributed by atoms with Crippen LogP contribution in [0.2, 0.25) is 0 Å². The third kappa shape index (κ3) is 2.60. The summed E-state index contributed by atoms with van der Waals surface area (Å²) in [6, 6.07) is 1.16. The summed E-state index contributed by atoms with van der Waals surface area (Å²) in [4.78, 5) is 25.3. The second-order valence-corrected chi connectivity index (χ2v) is 3.26. The average molecular weight is 215 g/mol. The van der Waals surface area contributed by atoms with Crippen molar-refractivity contribution in [1.29, 1.82) is 0 Å². The van der Waals surface area contributed by atoms with Gasteiger partial charge in [0.1, 0.15) is 5.56 Å². The highest BCUT2D eigenvalue weighted by Crippen LogP contribution is 1.91. The fraction of sp³-hybridized carbons (Fsp3) is 0.333. The Kier molecular flexibility index (Phi) is 3.71. The molecule has 5 heteroatoms. The highest BCUT2D eigenvalue weighted by Gasteiger charge is 2.11. The molecular formula is C9H11ClN2O2. The van der Waals surface area contributed by atoms with Gasteiger partial charge in [-0.25, -0.2) is 0 Å². The van der Waals surface area contributed by atoms with Gasteiger partial charge in [0.15, 0.2) is 5.43 Å². The number of hydrogen-bond donors (Lipinski definition) is 2. The minimum absolute atomic E-state index is 0.101. The molecule has 1 aromatic rings. The number of aromatic amines is 1. The molecule has 0 aromatic carbocycles. The van der Waals surface area contributed by atoms with Gasteiger partial charge in [-0.05, 0) is 6.92 Å². The maximum atomic E-state index is 11.4. The van der Waals surface area contributed by atoms with Gasteiger partial charge >= 0.3 is 0 Å². The maximum Gasteiger partial charge on any atom is 0.256 e. The van der Waals surface area contributed by atoms with Crippen LogP contribution in [-0.4, -0.2) is 22.8 Å². The summed E-state index contributed by atoms with van der Waals surface area (Å²) in [5.74, 6) is -0.0868. The molecule has 0 saturated carbocycles. The number of amides is 1. The van der Waals surface area contributed by atoms with E-state index >= 15 is 0 Å². The van der Waals surface area contributed by atoms with Crippen molar-refractivity contribution >= 4 is 17.5 Å². The first-order valence-electron chi connectivity index (χ1n) is 4.19. The molecule has 0 aliphatic rings. The number of hydrogen-bond acceptors (Lipinski definition) is 2. The van der Waals surface area contributed by atoms with Crippen molar-refractivity contribution < 1.29 is 4.79 Å². The Hall–Kier alpha value is -1.29. The first-order chi connectivity index (χ1) is 6.65. The number of rotatable bonds is 3. The second kappa shape index (κ2) is 4.81. The van der Waals surface area contributed by atoms with E-state index in [9.17, 15) is 9.59 Å². The minimum Gasteiger partial charge on any atom is -0.367 e. The van der Waals surface area contributed by atoms with Crippen LogP contribution in [0.5, 0.6) is 0 Å². The molecule has 0 spiro atoms. The lowest BCUT2D eigenvalue weighted by atomic mass is 10.2. The van der Waals surface area contributed by atoms with E-state index in [2.05, 4.69) is 10.3 Å². The molecule has 14 heavy (non-hydrogen) atoms. The predicted octanol–water partition coefficient (Wildman–Crippen LogP) is 0.732. The van der Waals surface area contributed by atoms with Crippen molar-refractivity contribution in [2.45, 2.75) is 13.0 Å². The van der Waals surface area contributed by atoms with Crippen LogP contribution in [0.3, 0.4) is 0 Å². The molecule has 0 fully saturated rings. The molecule has 1 rings (SSSR count). The van der Waals surface area contributed by atoms with E-state index in [4.69, 9.17) is 11.6 Å². The highest BCUT2D eigenvalue weighted by molar-refractivity contribution is 6.18. The van der Waals surface area contributed by atoms with Crippen LogP contribution in [0.1, 0.15) is 17.3 Å². The molecule has 4 nitrogen and oxygen atoms in total. The van der Waals surface area contributed by atoms with Gasteiger partial charge in [0.25, 0.3) is 5.91 Å². The fourth-order valence-electron chi connectivity index (χ4n) is 0.934. The van der Waals surface area contributed by atoms with Gasteiger partial charge in [-0.2, -0.15) is 0 Å². The van der Waals surface area contributed by atoms with Crippen molar-refractivity contribution in [2.24, 2.45) is 0 Å². The molecule has 76 valence electrons. The van der Waals surface area contributed by atoms with Crippen LogP contribution < -0.4 is 10.7 Å². The summed E-state index contributed by atoms with van der Waals surface area (Å²) >= 11 is 5.52. The molecule has 0 saturated heterocycles.